The lowest BCUT2D eigenvalue weighted by molar-refractivity contribution is 0.0265. The van der Waals surface area contributed by atoms with Crippen molar-refractivity contribution in [1.82, 2.24) is 0 Å². The van der Waals surface area contributed by atoms with Gasteiger partial charge in [0.1, 0.15) is 4.34 Å². The highest BCUT2D eigenvalue weighted by molar-refractivity contribution is 9.10. The Bertz CT molecular complexity index is 352. The van der Waals surface area contributed by atoms with E-state index in [1.807, 2.05) is 6.07 Å². The molecule has 0 spiro atoms. The zero-order chi connectivity index (χ0) is 11.8. The molecular formula is C12H16BrClOS. The molecule has 1 nitrogen and oxygen atoms in total. The highest BCUT2D eigenvalue weighted by atomic mass is 79.9. The van der Waals surface area contributed by atoms with Crippen molar-refractivity contribution in [3.8, 4) is 0 Å². The van der Waals surface area contributed by atoms with Crippen LogP contribution < -0.4 is 0 Å². The summed E-state index contributed by atoms with van der Waals surface area (Å²) in [7, 11) is 0. The Morgan fingerprint density at radius 1 is 1.56 bits per heavy atom. The van der Waals surface area contributed by atoms with Crippen LogP contribution >= 0.6 is 38.9 Å². The minimum Gasteiger partial charge on any atom is -0.387 e. The van der Waals surface area contributed by atoms with Crippen LogP contribution in [-0.4, -0.2) is 5.11 Å². The Balaban J connectivity index is 2.26. The van der Waals surface area contributed by atoms with Crippen LogP contribution in [0.15, 0.2) is 10.5 Å². The van der Waals surface area contributed by atoms with Crippen LogP contribution in [0.1, 0.15) is 50.0 Å². The fraction of sp³-hybridized carbons (Fsp3) is 0.667. The Morgan fingerprint density at radius 3 is 2.62 bits per heavy atom. The molecule has 1 aromatic rings. The van der Waals surface area contributed by atoms with E-state index in [9.17, 15) is 5.11 Å². The van der Waals surface area contributed by atoms with E-state index in [4.69, 9.17) is 11.6 Å². The van der Waals surface area contributed by atoms with Gasteiger partial charge < -0.3 is 5.11 Å². The summed E-state index contributed by atoms with van der Waals surface area (Å²) in [5.41, 5.74) is 0.0909. The SMILES string of the molecule is CCC1(C(O)c2cc(Br)c(Cl)s2)CCCC1. The van der Waals surface area contributed by atoms with Gasteiger partial charge in [-0.1, -0.05) is 31.4 Å². The van der Waals surface area contributed by atoms with E-state index in [0.717, 1.165) is 32.9 Å². The Morgan fingerprint density at radius 2 is 2.19 bits per heavy atom. The van der Waals surface area contributed by atoms with Crippen molar-refractivity contribution >= 4 is 38.9 Å². The maximum Gasteiger partial charge on any atom is 0.107 e. The van der Waals surface area contributed by atoms with Crippen molar-refractivity contribution in [2.75, 3.05) is 0 Å². The van der Waals surface area contributed by atoms with Gasteiger partial charge in [-0.3, -0.25) is 0 Å². The molecule has 1 N–H and O–H groups in total. The molecule has 1 heterocycles. The van der Waals surface area contributed by atoms with E-state index >= 15 is 0 Å². The lowest BCUT2D eigenvalue weighted by Gasteiger charge is -2.32. The van der Waals surface area contributed by atoms with E-state index in [-0.39, 0.29) is 11.5 Å². The topological polar surface area (TPSA) is 20.2 Å². The second-order valence-electron chi connectivity index (χ2n) is 4.60. The number of hydrogen-bond donors (Lipinski definition) is 1. The van der Waals surface area contributed by atoms with Crippen LogP contribution in [0.3, 0.4) is 0 Å². The van der Waals surface area contributed by atoms with Crippen molar-refractivity contribution in [2.45, 2.75) is 45.1 Å². The molecule has 16 heavy (non-hydrogen) atoms. The van der Waals surface area contributed by atoms with Gasteiger partial charge in [0.2, 0.25) is 0 Å². The highest BCUT2D eigenvalue weighted by Crippen LogP contribution is 2.52. The quantitative estimate of drug-likeness (QED) is 0.813. The third-order valence-corrected chi connectivity index (χ3v) is 6.34. The fourth-order valence-corrected chi connectivity index (χ4v) is 4.56. The van der Waals surface area contributed by atoms with Gasteiger partial charge in [-0.05, 0) is 41.3 Å². The average Bonchev–Trinajstić information content (AvgIpc) is 2.87. The minimum absolute atomic E-state index is 0.0909. The first-order valence-corrected chi connectivity index (χ1v) is 7.70. The van der Waals surface area contributed by atoms with E-state index in [0.29, 0.717) is 0 Å². The second-order valence-corrected chi connectivity index (χ2v) is 7.14. The Kier molecular flexibility index (Phi) is 4.00. The fourth-order valence-electron chi connectivity index (χ4n) is 2.70. The third-order valence-electron chi connectivity index (χ3n) is 3.82. The molecular weight excluding hydrogens is 308 g/mol. The zero-order valence-electron chi connectivity index (χ0n) is 9.30. The summed E-state index contributed by atoms with van der Waals surface area (Å²) in [6.07, 6.45) is 5.45. The summed E-state index contributed by atoms with van der Waals surface area (Å²) in [5, 5.41) is 10.5. The third kappa shape index (κ3) is 2.20. The van der Waals surface area contributed by atoms with E-state index in [2.05, 4.69) is 22.9 Å². The minimum atomic E-state index is -0.353. The first kappa shape index (κ1) is 12.9. The lowest BCUT2D eigenvalue weighted by atomic mass is 9.77. The smallest absolute Gasteiger partial charge is 0.107 e. The van der Waals surface area contributed by atoms with Crippen molar-refractivity contribution in [3.63, 3.8) is 0 Å². The van der Waals surface area contributed by atoms with Gasteiger partial charge in [0.05, 0.1) is 6.10 Å². The number of aliphatic hydroxyl groups excluding tert-OH is 1. The van der Waals surface area contributed by atoms with Gasteiger partial charge in [-0.2, -0.15) is 0 Å². The summed E-state index contributed by atoms with van der Waals surface area (Å²) in [6, 6.07) is 1.97. The summed E-state index contributed by atoms with van der Waals surface area (Å²) >= 11 is 10.9. The van der Waals surface area contributed by atoms with Gasteiger partial charge in [-0.15, -0.1) is 11.3 Å². The maximum atomic E-state index is 10.5. The van der Waals surface area contributed by atoms with Gasteiger partial charge in [0, 0.05) is 14.8 Å². The summed E-state index contributed by atoms with van der Waals surface area (Å²) in [6.45, 7) is 2.18. The summed E-state index contributed by atoms with van der Waals surface area (Å²) in [4.78, 5) is 1.00. The molecule has 0 radical (unpaired) electrons. The number of hydrogen-bond acceptors (Lipinski definition) is 2. The number of rotatable bonds is 3. The van der Waals surface area contributed by atoms with Gasteiger partial charge in [0.25, 0.3) is 0 Å². The molecule has 0 saturated heterocycles. The van der Waals surface area contributed by atoms with Crippen molar-refractivity contribution in [3.05, 3.63) is 19.8 Å². The normalized spacial score (nSPS) is 21.2. The van der Waals surface area contributed by atoms with Crippen LogP contribution in [0.2, 0.25) is 4.34 Å². The molecule has 1 atom stereocenters. The van der Waals surface area contributed by atoms with Crippen molar-refractivity contribution < 1.29 is 5.11 Å². The monoisotopic (exact) mass is 322 g/mol. The van der Waals surface area contributed by atoms with Gasteiger partial charge >= 0.3 is 0 Å². The van der Waals surface area contributed by atoms with E-state index in [1.165, 1.54) is 24.2 Å². The molecule has 1 unspecified atom stereocenters. The summed E-state index contributed by atoms with van der Waals surface area (Å²) in [5.74, 6) is 0. The van der Waals surface area contributed by atoms with Crippen LogP contribution in [0.5, 0.6) is 0 Å². The van der Waals surface area contributed by atoms with E-state index in [1.54, 1.807) is 0 Å². The molecule has 2 rings (SSSR count). The number of aliphatic hydroxyl groups is 1. The predicted octanol–water partition coefficient (Wildman–Crippen LogP) is 5.17. The first-order chi connectivity index (χ1) is 7.59. The maximum absolute atomic E-state index is 10.5. The molecule has 0 amide bonds. The molecule has 1 aliphatic rings. The molecule has 0 aromatic carbocycles. The molecule has 4 heteroatoms. The zero-order valence-corrected chi connectivity index (χ0v) is 12.5. The molecule has 90 valence electrons. The molecule has 0 aliphatic heterocycles. The Hall–Kier alpha value is 0.430. The van der Waals surface area contributed by atoms with Crippen LogP contribution in [0, 0.1) is 5.41 Å². The molecule has 1 aliphatic carbocycles. The van der Waals surface area contributed by atoms with Crippen LogP contribution in [-0.2, 0) is 0 Å². The molecule has 1 aromatic heterocycles. The number of halogens is 2. The van der Waals surface area contributed by atoms with Crippen LogP contribution in [0.25, 0.3) is 0 Å². The second kappa shape index (κ2) is 4.97. The van der Waals surface area contributed by atoms with Crippen molar-refractivity contribution in [2.24, 2.45) is 5.41 Å². The van der Waals surface area contributed by atoms with E-state index < -0.39 is 0 Å². The molecule has 0 bridgehead atoms. The van der Waals surface area contributed by atoms with Crippen LogP contribution in [0.4, 0.5) is 0 Å². The van der Waals surface area contributed by atoms with Crippen molar-refractivity contribution in [1.29, 1.82) is 0 Å². The first-order valence-electron chi connectivity index (χ1n) is 5.72. The van der Waals surface area contributed by atoms with Gasteiger partial charge in [0.15, 0.2) is 0 Å². The average molecular weight is 324 g/mol. The summed E-state index contributed by atoms with van der Waals surface area (Å²) < 4.78 is 1.63. The highest BCUT2D eigenvalue weighted by Gasteiger charge is 2.40. The lowest BCUT2D eigenvalue weighted by Crippen LogP contribution is -2.24. The van der Waals surface area contributed by atoms with Gasteiger partial charge in [-0.25, -0.2) is 0 Å². The standard InChI is InChI=1S/C12H16BrClOS/c1-2-12(5-3-4-6-12)10(15)9-7-8(13)11(14)16-9/h7,10,15H,2-6H2,1H3. The molecule has 1 saturated carbocycles. The molecule has 1 fully saturated rings. The largest absolute Gasteiger partial charge is 0.387 e. The Labute approximate surface area is 114 Å². The predicted molar refractivity (Wildman–Crippen MR) is 73.2 cm³/mol. The number of thiophene rings is 1.